The van der Waals surface area contributed by atoms with Gasteiger partial charge in [0.05, 0.1) is 6.61 Å². The predicted octanol–water partition coefficient (Wildman–Crippen LogP) is 1.23. The molecule has 1 unspecified atom stereocenters. The van der Waals surface area contributed by atoms with Crippen molar-refractivity contribution < 1.29 is 27.4 Å². The summed E-state index contributed by atoms with van der Waals surface area (Å²) < 4.78 is 46.7. The SMILES string of the molecule is O=C(NCc1ccccc1OCC(F)(F)F)C1CNCCO1. The fourth-order valence-electron chi connectivity index (χ4n) is 1.98. The Morgan fingerprint density at radius 3 is 2.86 bits per heavy atom. The molecule has 8 heteroatoms. The van der Waals surface area contributed by atoms with E-state index >= 15 is 0 Å². The van der Waals surface area contributed by atoms with E-state index in [1.54, 1.807) is 18.2 Å². The lowest BCUT2D eigenvalue weighted by atomic mass is 10.2. The zero-order chi connectivity index (χ0) is 16.0. The molecular weight excluding hydrogens is 301 g/mol. The molecule has 5 nitrogen and oxygen atoms in total. The highest BCUT2D eigenvalue weighted by Gasteiger charge is 2.29. The van der Waals surface area contributed by atoms with Crippen molar-refractivity contribution in [1.29, 1.82) is 0 Å². The third-order valence-electron chi connectivity index (χ3n) is 3.04. The first kappa shape index (κ1) is 16.6. The van der Waals surface area contributed by atoms with Crippen molar-refractivity contribution in [3.63, 3.8) is 0 Å². The fraction of sp³-hybridized carbons (Fsp3) is 0.500. The summed E-state index contributed by atoms with van der Waals surface area (Å²) in [4.78, 5) is 11.9. The molecule has 0 bridgehead atoms. The van der Waals surface area contributed by atoms with Gasteiger partial charge in [-0.3, -0.25) is 4.79 Å². The topological polar surface area (TPSA) is 59.6 Å². The molecule has 0 aromatic heterocycles. The number of hydrogen-bond acceptors (Lipinski definition) is 4. The molecule has 0 radical (unpaired) electrons. The van der Waals surface area contributed by atoms with Crippen LogP contribution < -0.4 is 15.4 Å². The van der Waals surface area contributed by atoms with Crippen molar-refractivity contribution >= 4 is 5.91 Å². The van der Waals surface area contributed by atoms with Gasteiger partial charge < -0.3 is 20.1 Å². The van der Waals surface area contributed by atoms with E-state index < -0.39 is 18.9 Å². The number of ether oxygens (including phenoxy) is 2. The number of rotatable bonds is 5. The fourth-order valence-corrected chi connectivity index (χ4v) is 1.98. The largest absolute Gasteiger partial charge is 0.484 e. The van der Waals surface area contributed by atoms with Crippen molar-refractivity contribution in [2.75, 3.05) is 26.3 Å². The van der Waals surface area contributed by atoms with E-state index in [0.717, 1.165) is 0 Å². The Balaban J connectivity index is 1.90. The van der Waals surface area contributed by atoms with Crippen LogP contribution in [-0.4, -0.2) is 44.5 Å². The summed E-state index contributed by atoms with van der Waals surface area (Å²) in [5, 5.41) is 5.67. The number of carbonyl (C=O) groups is 1. The quantitative estimate of drug-likeness (QED) is 0.857. The summed E-state index contributed by atoms with van der Waals surface area (Å²) in [6.07, 6.45) is -4.99. The van der Waals surface area contributed by atoms with Gasteiger partial charge in [0, 0.05) is 25.2 Å². The van der Waals surface area contributed by atoms with Crippen molar-refractivity contribution in [2.45, 2.75) is 18.8 Å². The molecule has 1 aliphatic heterocycles. The highest BCUT2D eigenvalue weighted by atomic mass is 19.4. The van der Waals surface area contributed by atoms with Crippen molar-refractivity contribution in [2.24, 2.45) is 0 Å². The maximum absolute atomic E-state index is 12.2. The standard InChI is InChI=1S/C14H17F3N2O3/c15-14(16,17)9-22-11-4-2-1-3-10(11)7-19-13(20)12-8-18-5-6-21-12/h1-4,12,18H,5-9H2,(H,19,20). The maximum Gasteiger partial charge on any atom is 0.422 e. The molecule has 1 aromatic rings. The monoisotopic (exact) mass is 318 g/mol. The molecule has 1 aliphatic rings. The van der Waals surface area contributed by atoms with E-state index in [-0.39, 0.29) is 18.2 Å². The van der Waals surface area contributed by atoms with Gasteiger partial charge in [-0.1, -0.05) is 18.2 Å². The van der Waals surface area contributed by atoms with Gasteiger partial charge in [-0.15, -0.1) is 0 Å². The molecule has 22 heavy (non-hydrogen) atoms. The first-order valence-electron chi connectivity index (χ1n) is 6.83. The van der Waals surface area contributed by atoms with Crippen molar-refractivity contribution in [3.8, 4) is 5.75 Å². The zero-order valence-corrected chi connectivity index (χ0v) is 11.8. The molecule has 1 aromatic carbocycles. The average Bonchev–Trinajstić information content (AvgIpc) is 2.51. The van der Waals surface area contributed by atoms with Crippen LogP contribution in [0.15, 0.2) is 24.3 Å². The third kappa shape index (κ3) is 5.19. The molecule has 122 valence electrons. The molecule has 1 saturated heterocycles. The van der Waals surface area contributed by atoms with E-state index in [1.165, 1.54) is 6.07 Å². The first-order chi connectivity index (χ1) is 10.5. The molecule has 2 rings (SSSR count). The molecule has 1 atom stereocenters. The molecule has 2 N–H and O–H groups in total. The van der Waals surface area contributed by atoms with Gasteiger partial charge in [0.1, 0.15) is 11.9 Å². The van der Waals surface area contributed by atoms with Crippen LogP contribution in [0.2, 0.25) is 0 Å². The number of alkyl halides is 3. The van der Waals surface area contributed by atoms with Crippen LogP contribution in [0.4, 0.5) is 13.2 Å². The molecule has 1 fully saturated rings. The number of amides is 1. The van der Waals surface area contributed by atoms with Crippen LogP contribution >= 0.6 is 0 Å². The first-order valence-corrected chi connectivity index (χ1v) is 6.83. The lowest BCUT2D eigenvalue weighted by molar-refractivity contribution is -0.153. The van der Waals surface area contributed by atoms with E-state index in [0.29, 0.717) is 25.3 Å². The summed E-state index contributed by atoms with van der Waals surface area (Å²) >= 11 is 0. The Labute approximate surface area is 125 Å². The van der Waals surface area contributed by atoms with Crippen molar-refractivity contribution in [3.05, 3.63) is 29.8 Å². The molecule has 1 amide bonds. The van der Waals surface area contributed by atoms with Gasteiger partial charge in [0.25, 0.3) is 5.91 Å². The number of halogens is 3. The summed E-state index contributed by atoms with van der Waals surface area (Å²) in [6, 6.07) is 6.28. The normalized spacial score (nSPS) is 18.8. The van der Waals surface area contributed by atoms with Gasteiger partial charge >= 0.3 is 6.18 Å². The van der Waals surface area contributed by atoms with Crippen molar-refractivity contribution in [1.82, 2.24) is 10.6 Å². The van der Waals surface area contributed by atoms with E-state index in [1.807, 2.05) is 0 Å². The molecule has 1 heterocycles. The zero-order valence-electron chi connectivity index (χ0n) is 11.8. The Kier molecular flexibility index (Phi) is 5.62. The van der Waals surface area contributed by atoms with Crippen LogP contribution in [0.25, 0.3) is 0 Å². The predicted molar refractivity (Wildman–Crippen MR) is 72.4 cm³/mol. The van der Waals surface area contributed by atoms with Crippen LogP contribution in [0.3, 0.4) is 0 Å². The van der Waals surface area contributed by atoms with Gasteiger partial charge in [-0.25, -0.2) is 0 Å². The van der Waals surface area contributed by atoms with Gasteiger partial charge in [-0.05, 0) is 6.07 Å². The number of morpholine rings is 1. The number of nitrogens with one attached hydrogen (secondary N) is 2. The Hall–Kier alpha value is -1.80. The maximum atomic E-state index is 12.2. The minimum Gasteiger partial charge on any atom is -0.484 e. The molecule has 0 saturated carbocycles. The number of benzene rings is 1. The second-order valence-corrected chi connectivity index (χ2v) is 4.79. The summed E-state index contributed by atoms with van der Waals surface area (Å²) in [5.74, 6) is -0.208. The average molecular weight is 318 g/mol. The minimum atomic E-state index is -4.40. The van der Waals surface area contributed by atoms with Crippen LogP contribution in [-0.2, 0) is 16.1 Å². The highest BCUT2D eigenvalue weighted by Crippen LogP contribution is 2.22. The van der Waals surface area contributed by atoms with E-state index in [4.69, 9.17) is 9.47 Å². The van der Waals surface area contributed by atoms with Gasteiger partial charge in [-0.2, -0.15) is 13.2 Å². The van der Waals surface area contributed by atoms with Gasteiger partial charge in [0.15, 0.2) is 6.61 Å². The molecule has 0 aliphatic carbocycles. The Bertz CT molecular complexity index is 502. The Morgan fingerprint density at radius 2 is 2.18 bits per heavy atom. The van der Waals surface area contributed by atoms with Crippen LogP contribution in [0.5, 0.6) is 5.75 Å². The molecule has 0 spiro atoms. The lowest BCUT2D eigenvalue weighted by Gasteiger charge is -2.23. The van der Waals surface area contributed by atoms with Gasteiger partial charge in [0.2, 0.25) is 0 Å². The number of carbonyl (C=O) groups excluding carboxylic acids is 1. The van der Waals surface area contributed by atoms with E-state index in [2.05, 4.69) is 10.6 Å². The summed E-state index contributed by atoms with van der Waals surface area (Å²) in [5.41, 5.74) is 0.476. The van der Waals surface area contributed by atoms with Crippen LogP contribution in [0.1, 0.15) is 5.56 Å². The summed E-state index contributed by atoms with van der Waals surface area (Å²) in [6.45, 7) is 0.264. The lowest BCUT2D eigenvalue weighted by Crippen LogP contribution is -2.47. The van der Waals surface area contributed by atoms with Crippen LogP contribution in [0, 0.1) is 0 Å². The number of para-hydroxylation sites is 1. The summed E-state index contributed by atoms with van der Waals surface area (Å²) in [7, 11) is 0. The number of hydrogen-bond donors (Lipinski definition) is 2. The highest BCUT2D eigenvalue weighted by molar-refractivity contribution is 5.81. The van der Waals surface area contributed by atoms with E-state index in [9.17, 15) is 18.0 Å². The molecular formula is C14H17F3N2O3. The minimum absolute atomic E-state index is 0.0761. The Morgan fingerprint density at radius 1 is 1.41 bits per heavy atom. The second-order valence-electron chi connectivity index (χ2n) is 4.79. The second kappa shape index (κ2) is 7.46. The smallest absolute Gasteiger partial charge is 0.422 e. The third-order valence-corrected chi connectivity index (χ3v) is 3.04.